The second-order valence-electron chi connectivity index (χ2n) is 5.92. The number of benzene rings is 2. The van der Waals surface area contributed by atoms with Crippen molar-refractivity contribution in [3.8, 4) is 5.75 Å². The standard InChI is InChI=1S/C20H19BrO3/c1-23-15-8-9-18(21)16(12-15)17-13-20(17,19(22)24-2)11-10-14-6-4-3-5-7-14/h3-12,17H,13H2,1-2H3/b11-10+/t17-,20+/m0/s1. The van der Waals surface area contributed by atoms with E-state index in [4.69, 9.17) is 9.47 Å². The van der Waals surface area contributed by atoms with E-state index in [1.54, 1.807) is 7.11 Å². The highest BCUT2D eigenvalue weighted by Crippen LogP contribution is 2.62. The fourth-order valence-electron chi connectivity index (χ4n) is 3.06. The fraction of sp³-hybridized carbons (Fsp3) is 0.250. The third kappa shape index (κ3) is 3.11. The lowest BCUT2D eigenvalue weighted by Crippen LogP contribution is -2.17. The third-order valence-electron chi connectivity index (χ3n) is 4.52. The molecule has 1 aliphatic carbocycles. The number of esters is 1. The fourth-order valence-corrected chi connectivity index (χ4v) is 3.58. The van der Waals surface area contributed by atoms with Crippen LogP contribution >= 0.6 is 15.9 Å². The number of ether oxygens (including phenoxy) is 2. The van der Waals surface area contributed by atoms with Crippen LogP contribution in [0.15, 0.2) is 59.1 Å². The molecule has 2 aromatic rings. The van der Waals surface area contributed by atoms with Gasteiger partial charge in [-0.05, 0) is 35.7 Å². The molecule has 0 bridgehead atoms. The number of carbonyl (C=O) groups is 1. The molecule has 0 aliphatic heterocycles. The molecule has 0 spiro atoms. The van der Waals surface area contributed by atoms with E-state index in [9.17, 15) is 4.79 Å². The van der Waals surface area contributed by atoms with Gasteiger partial charge in [0.2, 0.25) is 0 Å². The van der Waals surface area contributed by atoms with Crippen molar-refractivity contribution in [2.24, 2.45) is 5.41 Å². The van der Waals surface area contributed by atoms with Crippen molar-refractivity contribution in [1.29, 1.82) is 0 Å². The summed E-state index contributed by atoms with van der Waals surface area (Å²) in [5.41, 5.74) is 1.52. The molecule has 0 N–H and O–H groups in total. The van der Waals surface area contributed by atoms with Gasteiger partial charge in [-0.2, -0.15) is 0 Å². The molecule has 1 fully saturated rings. The maximum atomic E-state index is 12.4. The van der Waals surface area contributed by atoms with Crippen LogP contribution in [0.4, 0.5) is 0 Å². The summed E-state index contributed by atoms with van der Waals surface area (Å²) >= 11 is 3.59. The van der Waals surface area contributed by atoms with Crippen LogP contribution < -0.4 is 4.74 Å². The lowest BCUT2D eigenvalue weighted by Gasteiger charge is -2.13. The lowest BCUT2D eigenvalue weighted by molar-refractivity contribution is -0.145. The van der Waals surface area contributed by atoms with Crippen molar-refractivity contribution < 1.29 is 14.3 Å². The molecule has 124 valence electrons. The normalized spacial score (nSPS) is 22.4. The Hall–Kier alpha value is -2.07. The first-order valence-electron chi connectivity index (χ1n) is 7.77. The summed E-state index contributed by atoms with van der Waals surface area (Å²) in [6.07, 6.45) is 4.70. The number of halogens is 1. The maximum Gasteiger partial charge on any atom is 0.316 e. The minimum absolute atomic E-state index is 0.0781. The summed E-state index contributed by atoms with van der Waals surface area (Å²) in [5, 5.41) is 0. The quantitative estimate of drug-likeness (QED) is 0.691. The molecule has 4 heteroatoms. The van der Waals surface area contributed by atoms with Gasteiger partial charge in [0.25, 0.3) is 0 Å². The minimum atomic E-state index is -0.612. The van der Waals surface area contributed by atoms with Crippen molar-refractivity contribution in [2.75, 3.05) is 14.2 Å². The Kier molecular flexibility index (Phi) is 4.76. The van der Waals surface area contributed by atoms with Gasteiger partial charge in [-0.1, -0.05) is 58.4 Å². The van der Waals surface area contributed by atoms with Crippen LogP contribution in [-0.2, 0) is 9.53 Å². The molecule has 0 saturated heterocycles. The summed E-state index contributed by atoms with van der Waals surface area (Å²) in [6, 6.07) is 15.8. The number of hydrogen-bond donors (Lipinski definition) is 0. The number of hydrogen-bond acceptors (Lipinski definition) is 3. The molecule has 24 heavy (non-hydrogen) atoms. The van der Waals surface area contributed by atoms with Crippen molar-refractivity contribution in [2.45, 2.75) is 12.3 Å². The van der Waals surface area contributed by atoms with Gasteiger partial charge >= 0.3 is 5.97 Å². The van der Waals surface area contributed by atoms with Gasteiger partial charge in [-0.25, -0.2) is 0 Å². The summed E-state index contributed by atoms with van der Waals surface area (Å²) in [5.74, 6) is 0.662. The van der Waals surface area contributed by atoms with Crippen LogP contribution in [0, 0.1) is 5.41 Å². The van der Waals surface area contributed by atoms with E-state index in [0.29, 0.717) is 0 Å². The first-order chi connectivity index (χ1) is 11.6. The van der Waals surface area contributed by atoms with Crippen molar-refractivity contribution in [3.05, 3.63) is 70.2 Å². The zero-order chi connectivity index (χ0) is 17.2. The van der Waals surface area contributed by atoms with Crippen molar-refractivity contribution in [1.82, 2.24) is 0 Å². The molecular formula is C20H19BrO3. The van der Waals surface area contributed by atoms with Crippen LogP contribution in [-0.4, -0.2) is 20.2 Å². The van der Waals surface area contributed by atoms with Crippen LogP contribution in [0.2, 0.25) is 0 Å². The Morgan fingerprint density at radius 3 is 2.62 bits per heavy atom. The average Bonchev–Trinajstić information content (AvgIpc) is 3.36. The molecular weight excluding hydrogens is 368 g/mol. The Labute approximate surface area is 150 Å². The van der Waals surface area contributed by atoms with E-state index in [1.807, 2.05) is 60.7 Å². The number of methoxy groups -OCH3 is 2. The molecule has 3 nitrogen and oxygen atoms in total. The van der Waals surface area contributed by atoms with Gasteiger partial charge in [0.05, 0.1) is 19.6 Å². The van der Waals surface area contributed by atoms with E-state index in [2.05, 4.69) is 15.9 Å². The van der Waals surface area contributed by atoms with Crippen LogP contribution in [0.1, 0.15) is 23.5 Å². The second kappa shape index (κ2) is 6.81. The van der Waals surface area contributed by atoms with Gasteiger partial charge in [-0.3, -0.25) is 4.79 Å². The molecule has 1 aliphatic rings. The molecule has 2 aromatic carbocycles. The van der Waals surface area contributed by atoms with Gasteiger partial charge < -0.3 is 9.47 Å². The van der Waals surface area contributed by atoms with Gasteiger partial charge in [0, 0.05) is 10.4 Å². The monoisotopic (exact) mass is 386 g/mol. The van der Waals surface area contributed by atoms with E-state index >= 15 is 0 Å². The summed E-state index contributed by atoms with van der Waals surface area (Å²) in [7, 11) is 3.08. The average molecular weight is 387 g/mol. The molecule has 3 rings (SSSR count). The molecule has 0 aromatic heterocycles. The lowest BCUT2D eigenvalue weighted by atomic mass is 9.97. The van der Waals surface area contributed by atoms with E-state index in [-0.39, 0.29) is 11.9 Å². The SMILES string of the molecule is COC(=O)[C@]1(/C=C/c2ccccc2)C[C@H]1c1cc(OC)ccc1Br. The summed E-state index contributed by atoms with van der Waals surface area (Å²) in [4.78, 5) is 12.4. The summed E-state index contributed by atoms with van der Waals surface area (Å²) in [6.45, 7) is 0. The highest BCUT2D eigenvalue weighted by atomic mass is 79.9. The van der Waals surface area contributed by atoms with E-state index < -0.39 is 5.41 Å². The highest BCUT2D eigenvalue weighted by molar-refractivity contribution is 9.10. The zero-order valence-corrected chi connectivity index (χ0v) is 15.2. The topological polar surface area (TPSA) is 35.5 Å². The predicted molar refractivity (Wildman–Crippen MR) is 98.0 cm³/mol. The first kappa shape index (κ1) is 16.8. The minimum Gasteiger partial charge on any atom is -0.497 e. The Balaban J connectivity index is 1.93. The van der Waals surface area contributed by atoms with Crippen LogP contribution in [0.5, 0.6) is 5.75 Å². The molecule has 0 unspecified atom stereocenters. The highest BCUT2D eigenvalue weighted by Gasteiger charge is 2.60. The maximum absolute atomic E-state index is 12.4. The Morgan fingerprint density at radius 1 is 1.21 bits per heavy atom. The first-order valence-corrected chi connectivity index (χ1v) is 8.56. The van der Waals surface area contributed by atoms with Crippen LogP contribution in [0.3, 0.4) is 0 Å². The van der Waals surface area contributed by atoms with Crippen LogP contribution in [0.25, 0.3) is 6.08 Å². The molecule has 0 amide bonds. The number of carbonyl (C=O) groups excluding carboxylic acids is 1. The Morgan fingerprint density at radius 2 is 1.96 bits per heavy atom. The van der Waals surface area contributed by atoms with E-state index in [1.165, 1.54) is 7.11 Å². The van der Waals surface area contributed by atoms with Crippen molar-refractivity contribution in [3.63, 3.8) is 0 Å². The third-order valence-corrected chi connectivity index (χ3v) is 5.24. The van der Waals surface area contributed by atoms with Crippen molar-refractivity contribution >= 4 is 28.0 Å². The summed E-state index contributed by atoms with van der Waals surface area (Å²) < 4.78 is 11.4. The predicted octanol–water partition coefficient (Wildman–Crippen LogP) is 4.82. The van der Waals surface area contributed by atoms with E-state index in [0.717, 1.165) is 27.8 Å². The largest absolute Gasteiger partial charge is 0.497 e. The molecule has 2 atom stereocenters. The molecule has 0 radical (unpaired) electrons. The van der Waals surface area contributed by atoms with Gasteiger partial charge in [0.15, 0.2) is 0 Å². The zero-order valence-electron chi connectivity index (χ0n) is 13.7. The molecule has 1 saturated carbocycles. The smallest absolute Gasteiger partial charge is 0.316 e. The number of rotatable bonds is 5. The van der Waals surface area contributed by atoms with Gasteiger partial charge in [0.1, 0.15) is 5.75 Å². The molecule has 0 heterocycles. The Bertz CT molecular complexity index is 770. The second-order valence-corrected chi connectivity index (χ2v) is 6.77. The van der Waals surface area contributed by atoms with Gasteiger partial charge in [-0.15, -0.1) is 0 Å².